The molecule has 2 amide bonds. The molecule has 2 atom stereocenters. The molecule has 9 nitrogen and oxygen atoms in total. The van der Waals surface area contributed by atoms with Crippen LogP contribution in [0.1, 0.15) is 24.4 Å². The average Bonchev–Trinajstić information content (AvgIpc) is 3.40. The third-order valence-corrected chi connectivity index (χ3v) is 6.67. The molecular weight excluding hydrogens is 476 g/mol. The van der Waals surface area contributed by atoms with Gasteiger partial charge < -0.3 is 33.9 Å². The Morgan fingerprint density at radius 3 is 2.38 bits per heavy atom. The standard InChI is InChI=1S/C28H28N2O7/c1-33-20-8-6-19(7-9-20)30-26(31)13-10-21(27(30)17-4-11-22(34-2)24(14-17)35-3)28(32)29-18-5-12-23-25(15-18)37-16-36-23/h4-9,11-12,14-15,21,27H,10,13,16H2,1-3H3,(H,29,32)/t21-,27-/m1/s1. The molecule has 0 aliphatic carbocycles. The minimum atomic E-state index is -0.580. The van der Waals surface area contributed by atoms with Crippen LogP contribution >= 0.6 is 0 Å². The van der Waals surface area contributed by atoms with E-state index in [1.54, 1.807) is 62.6 Å². The van der Waals surface area contributed by atoms with E-state index in [2.05, 4.69) is 5.32 Å². The number of hydrogen-bond donors (Lipinski definition) is 1. The third kappa shape index (κ3) is 4.72. The number of hydrogen-bond acceptors (Lipinski definition) is 7. The largest absolute Gasteiger partial charge is 0.497 e. The number of carbonyl (C=O) groups excluding carboxylic acids is 2. The number of piperidine rings is 1. The van der Waals surface area contributed by atoms with Crippen molar-refractivity contribution in [2.45, 2.75) is 18.9 Å². The molecular formula is C28H28N2O7. The van der Waals surface area contributed by atoms with E-state index in [4.69, 9.17) is 23.7 Å². The van der Waals surface area contributed by atoms with Gasteiger partial charge in [-0.3, -0.25) is 9.59 Å². The third-order valence-electron chi connectivity index (χ3n) is 6.67. The Balaban J connectivity index is 1.53. The zero-order chi connectivity index (χ0) is 25.9. The van der Waals surface area contributed by atoms with Crippen molar-refractivity contribution >= 4 is 23.2 Å². The lowest BCUT2D eigenvalue weighted by Gasteiger charge is -2.41. The maximum atomic E-state index is 13.7. The first-order chi connectivity index (χ1) is 18.0. The Morgan fingerprint density at radius 2 is 1.65 bits per heavy atom. The predicted octanol–water partition coefficient (Wildman–Crippen LogP) is 4.56. The van der Waals surface area contributed by atoms with Crippen LogP contribution in [-0.4, -0.2) is 39.9 Å². The van der Waals surface area contributed by atoms with E-state index >= 15 is 0 Å². The molecule has 9 heteroatoms. The van der Waals surface area contributed by atoms with Crippen LogP contribution in [0, 0.1) is 5.92 Å². The molecule has 2 heterocycles. The molecule has 1 N–H and O–H groups in total. The number of benzene rings is 3. The summed E-state index contributed by atoms with van der Waals surface area (Å²) in [6, 6.07) is 17.4. The molecule has 5 rings (SSSR count). The van der Waals surface area contributed by atoms with Gasteiger partial charge >= 0.3 is 0 Å². The number of nitrogens with zero attached hydrogens (tertiary/aromatic N) is 1. The second-order valence-corrected chi connectivity index (χ2v) is 8.72. The van der Waals surface area contributed by atoms with Gasteiger partial charge in [0.2, 0.25) is 18.6 Å². The molecule has 1 fully saturated rings. The highest BCUT2D eigenvalue weighted by molar-refractivity contribution is 6.00. The molecule has 2 aliphatic rings. The van der Waals surface area contributed by atoms with Crippen molar-refractivity contribution in [3.8, 4) is 28.7 Å². The number of nitrogens with one attached hydrogen (secondary N) is 1. The summed E-state index contributed by atoms with van der Waals surface area (Å²) in [4.78, 5) is 28.7. The first-order valence-corrected chi connectivity index (χ1v) is 11.9. The highest BCUT2D eigenvalue weighted by atomic mass is 16.7. The van der Waals surface area contributed by atoms with Gasteiger partial charge in [0, 0.05) is 23.9 Å². The summed E-state index contributed by atoms with van der Waals surface area (Å²) in [6.07, 6.45) is 0.621. The Morgan fingerprint density at radius 1 is 0.892 bits per heavy atom. The van der Waals surface area contributed by atoms with E-state index in [0.29, 0.717) is 46.5 Å². The van der Waals surface area contributed by atoms with E-state index in [-0.39, 0.29) is 25.0 Å². The fourth-order valence-corrected chi connectivity index (χ4v) is 4.84. The van der Waals surface area contributed by atoms with Crippen LogP contribution in [-0.2, 0) is 9.59 Å². The summed E-state index contributed by atoms with van der Waals surface area (Å²) < 4.78 is 27.0. The lowest BCUT2D eigenvalue weighted by Crippen LogP contribution is -2.47. The van der Waals surface area contributed by atoms with Gasteiger partial charge in [0.1, 0.15) is 5.75 Å². The van der Waals surface area contributed by atoms with Crippen molar-refractivity contribution in [2.24, 2.45) is 5.92 Å². The van der Waals surface area contributed by atoms with Gasteiger partial charge in [-0.1, -0.05) is 6.07 Å². The number of anilines is 2. The maximum Gasteiger partial charge on any atom is 0.231 e. The number of fused-ring (bicyclic) bond motifs is 1. The first-order valence-electron chi connectivity index (χ1n) is 11.9. The molecule has 0 aromatic heterocycles. The zero-order valence-electron chi connectivity index (χ0n) is 20.9. The highest BCUT2D eigenvalue weighted by Gasteiger charge is 2.42. The van der Waals surface area contributed by atoms with Gasteiger partial charge in [-0.25, -0.2) is 0 Å². The van der Waals surface area contributed by atoms with Crippen molar-refractivity contribution in [1.29, 1.82) is 0 Å². The minimum absolute atomic E-state index is 0.0721. The SMILES string of the molecule is COc1ccc(N2C(=O)CC[C@@H](C(=O)Nc3ccc4c(c3)OCO4)[C@H]2c2ccc(OC)c(OC)c2)cc1. The summed E-state index contributed by atoms with van der Waals surface area (Å²) in [7, 11) is 4.70. The maximum absolute atomic E-state index is 13.7. The second-order valence-electron chi connectivity index (χ2n) is 8.72. The van der Waals surface area contributed by atoms with Gasteiger partial charge in [0.25, 0.3) is 0 Å². The fraction of sp³-hybridized carbons (Fsp3) is 0.286. The van der Waals surface area contributed by atoms with E-state index in [9.17, 15) is 9.59 Å². The lowest BCUT2D eigenvalue weighted by molar-refractivity contribution is -0.125. The van der Waals surface area contributed by atoms with Crippen molar-refractivity contribution < 1.29 is 33.3 Å². The average molecular weight is 505 g/mol. The second kappa shape index (κ2) is 10.3. The Labute approximate surface area is 214 Å². The van der Waals surface area contributed by atoms with Gasteiger partial charge in [0.15, 0.2) is 23.0 Å². The molecule has 1 saturated heterocycles. The summed E-state index contributed by atoms with van der Waals surface area (Å²) in [5, 5.41) is 3.01. The minimum Gasteiger partial charge on any atom is -0.497 e. The molecule has 3 aromatic rings. The molecule has 37 heavy (non-hydrogen) atoms. The highest BCUT2D eigenvalue weighted by Crippen LogP contribution is 2.43. The summed E-state index contributed by atoms with van der Waals surface area (Å²) in [5.41, 5.74) is 2.02. The normalized spacial score (nSPS) is 18.4. The lowest BCUT2D eigenvalue weighted by atomic mass is 9.83. The van der Waals surface area contributed by atoms with Gasteiger partial charge in [0.05, 0.1) is 33.3 Å². The predicted molar refractivity (Wildman–Crippen MR) is 137 cm³/mol. The van der Waals surface area contributed by atoms with Gasteiger partial charge in [-0.15, -0.1) is 0 Å². The molecule has 2 aliphatic heterocycles. The monoisotopic (exact) mass is 504 g/mol. The van der Waals surface area contributed by atoms with Crippen LogP contribution in [0.4, 0.5) is 11.4 Å². The molecule has 3 aromatic carbocycles. The topological polar surface area (TPSA) is 95.6 Å². The summed E-state index contributed by atoms with van der Waals surface area (Å²) >= 11 is 0. The summed E-state index contributed by atoms with van der Waals surface area (Å²) in [5.74, 6) is 2.15. The smallest absolute Gasteiger partial charge is 0.231 e. The van der Waals surface area contributed by atoms with Crippen LogP contribution in [0.2, 0.25) is 0 Å². The Hall–Kier alpha value is -4.40. The summed E-state index contributed by atoms with van der Waals surface area (Å²) in [6.45, 7) is 0.148. The van der Waals surface area contributed by atoms with E-state index in [0.717, 1.165) is 5.56 Å². The molecule has 0 radical (unpaired) electrons. The van der Waals surface area contributed by atoms with Crippen molar-refractivity contribution in [1.82, 2.24) is 0 Å². The van der Waals surface area contributed by atoms with Crippen LogP contribution in [0.15, 0.2) is 60.7 Å². The number of carbonyl (C=O) groups is 2. The molecule has 0 unspecified atom stereocenters. The van der Waals surface area contributed by atoms with Gasteiger partial charge in [-0.2, -0.15) is 0 Å². The zero-order valence-corrected chi connectivity index (χ0v) is 20.9. The number of methoxy groups -OCH3 is 3. The van der Waals surface area contributed by atoms with Crippen molar-refractivity contribution in [3.05, 3.63) is 66.2 Å². The Bertz CT molecular complexity index is 1310. The molecule has 192 valence electrons. The van der Waals surface area contributed by atoms with E-state index in [1.165, 1.54) is 0 Å². The fourth-order valence-electron chi connectivity index (χ4n) is 4.84. The molecule has 0 saturated carbocycles. The number of ether oxygens (including phenoxy) is 5. The quantitative estimate of drug-likeness (QED) is 0.504. The number of rotatable bonds is 7. The van der Waals surface area contributed by atoms with Crippen molar-refractivity contribution in [3.63, 3.8) is 0 Å². The van der Waals surface area contributed by atoms with Crippen LogP contribution in [0.25, 0.3) is 0 Å². The van der Waals surface area contributed by atoms with Gasteiger partial charge in [-0.05, 0) is 60.5 Å². The Kier molecular flexibility index (Phi) is 6.76. The number of amides is 2. The molecule has 0 bridgehead atoms. The van der Waals surface area contributed by atoms with E-state index < -0.39 is 12.0 Å². The first kappa shape index (κ1) is 24.3. The van der Waals surface area contributed by atoms with E-state index in [1.807, 2.05) is 24.3 Å². The van der Waals surface area contributed by atoms with Crippen molar-refractivity contribution in [2.75, 3.05) is 38.3 Å². The van der Waals surface area contributed by atoms with Crippen LogP contribution < -0.4 is 33.9 Å². The van der Waals surface area contributed by atoms with Crippen LogP contribution in [0.5, 0.6) is 28.7 Å². The molecule has 0 spiro atoms. The van der Waals surface area contributed by atoms with Crippen LogP contribution in [0.3, 0.4) is 0 Å².